The van der Waals surface area contributed by atoms with Crippen LogP contribution in [0.5, 0.6) is 0 Å². The van der Waals surface area contributed by atoms with Crippen molar-refractivity contribution in [1.29, 1.82) is 0 Å². The predicted octanol–water partition coefficient (Wildman–Crippen LogP) is 4.93. The van der Waals surface area contributed by atoms with Crippen LogP contribution in [0.3, 0.4) is 0 Å². The van der Waals surface area contributed by atoms with Crippen molar-refractivity contribution in [2.75, 3.05) is 6.54 Å². The molecule has 0 fully saturated rings. The topological polar surface area (TPSA) is 29.1 Å². The van der Waals surface area contributed by atoms with Crippen LogP contribution in [0.25, 0.3) is 10.8 Å². The van der Waals surface area contributed by atoms with Crippen molar-refractivity contribution in [2.24, 2.45) is 0 Å². The lowest BCUT2D eigenvalue weighted by molar-refractivity contribution is 0.0954. The van der Waals surface area contributed by atoms with Crippen LogP contribution in [-0.2, 0) is 0 Å². The van der Waals surface area contributed by atoms with Gasteiger partial charge in [0.2, 0.25) is 0 Å². The molecule has 0 saturated heterocycles. The van der Waals surface area contributed by atoms with Gasteiger partial charge in [0.25, 0.3) is 5.91 Å². The highest BCUT2D eigenvalue weighted by molar-refractivity contribution is 6.06. The van der Waals surface area contributed by atoms with Crippen molar-refractivity contribution in [3.63, 3.8) is 0 Å². The van der Waals surface area contributed by atoms with Gasteiger partial charge in [-0.15, -0.1) is 0 Å². The zero-order valence-corrected chi connectivity index (χ0v) is 12.9. The molecule has 21 heavy (non-hydrogen) atoms. The van der Waals surface area contributed by atoms with E-state index in [1.165, 1.54) is 32.1 Å². The Morgan fingerprint density at radius 3 is 2.48 bits per heavy atom. The first kappa shape index (κ1) is 15.6. The minimum absolute atomic E-state index is 0.0420. The lowest BCUT2D eigenvalue weighted by atomic mass is 10.0. The summed E-state index contributed by atoms with van der Waals surface area (Å²) >= 11 is 0. The van der Waals surface area contributed by atoms with Gasteiger partial charge in [-0.25, -0.2) is 0 Å². The molecule has 0 saturated carbocycles. The highest BCUT2D eigenvalue weighted by atomic mass is 16.1. The Morgan fingerprint density at radius 2 is 1.62 bits per heavy atom. The van der Waals surface area contributed by atoms with Gasteiger partial charge >= 0.3 is 0 Å². The summed E-state index contributed by atoms with van der Waals surface area (Å²) in [5, 5.41) is 5.19. The fourth-order valence-electron chi connectivity index (χ4n) is 2.63. The second kappa shape index (κ2) is 8.46. The Labute approximate surface area is 127 Å². The van der Waals surface area contributed by atoms with Crippen molar-refractivity contribution in [1.82, 2.24) is 5.32 Å². The molecule has 0 aliphatic rings. The van der Waals surface area contributed by atoms with Gasteiger partial charge in [-0.2, -0.15) is 0 Å². The third-order valence-electron chi connectivity index (χ3n) is 3.85. The average Bonchev–Trinajstić information content (AvgIpc) is 2.53. The van der Waals surface area contributed by atoms with E-state index in [1.807, 2.05) is 42.5 Å². The molecule has 112 valence electrons. The number of nitrogens with one attached hydrogen (secondary N) is 1. The monoisotopic (exact) mass is 283 g/mol. The molecule has 0 heterocycles. The number of amides is 1. The Kier molecular flexibility index (Phi) is 6.26. The first-order valence-corrected chi connectivity index (χ1v) is 8.09. The molecule has 2 nitrogen and oxygen atoms in total. The van der Waals surface area contributed by atoms with E-state index in [1.54, 1.807) is 0 Å². The second-order valence-electron chi connectivity index (χ2n) is 5.55. The maximum absolute atomic E-state index is 12.3. The van der Waals surface area contributed by atoms with Crippen molar-refractivity contribution in [2.45, 2.75) is 45.4 Å². The van der Waals surface area contributed by atoms with Crippen molar-refractivity contribution in [3.05, 3.63) is 48.0 Å². The summed E-state index contributed by atoms with van der Waals surface area (Å²) in [6.45, 7) is 3.00. The maximum atomic E-state index is 12.3. The zero-order chi connectivity index (χ0) is 14.9. The average molecular weight is 283 g/mol. The number of hydrogen-bond donors (Lipinski definition) is 1. The number of fused-ring (bicyclic) bond motifs is 1. The van der Waals surface area contributed by atoms with Crippen LogP contribution in [-0.4, -0.2) is 12.5 Å². The van der Waals surface area contributed by atoms with Crippen LogP contribution in [0.1, 0.15) is 55.8 Å². The zero-order valence-electron chi connectivity index (χ0n) is 12.9. The van der Waals surface area contributed by atoms with Gasteiger partial charge in [-0.3, -0.25) is 4.79 Å². The molecule has 0 radical (unpaired) electrons. The summed E-state index contributed by atoms with van der Waals surface area (Å²) < 4.78 is 0. The Morgan fingerprint density at radius 1 is 0.905 bits per heavy atom. The molecular weight excluding hydrogens is 258 g/mol. The van der Waals surface area contributed by atoms with E-state index in [0.29, 0.717) is 0 Å². The molecule has 0 bridgehead atoms. The molecule has 0 atom stereocenters. The minimum Gasteiger partial charge on any atom is -0.352 e. The molecule has 1 amide bonds. The molecule has 2 heteroatoms. The Hall–Kier alpha value is -1.83. The molecular formula is C19H25NO. The number of rotatable bonds is 8. The Balaban J connectivity index is 1.83. The molecule has 0 aliphatic heterocycles. The molecule has 2 aromatic rings. The lowest BCUT2D eigenvalue weighted by Gasteiger charge is -2.08. The van der Waals surface area contributed by atoms with Gasteiger partial charge in [0.15, 0.2) is 0 Å². The predicted molar refractivity (Wildman–Crippen MR) is 89.7 cm³/mol. The number of benzene rings is 2. The third-order valence-corrected chi connectivity index (χ3v) is 3.85. The first-order chi connectivity index (χ1) is 10.3. The summed E-state index contributed by atoms with van der Waals surface area (Å²) in [4.78, 5) is 12.3. The van der Waals surface area contributed by atoms with E-state index < -0.39 is 0 Å². The largest absolute Gasteiger partial charge is 0.352 e. The van der Waals surface area contributed by atoms with E-state index in [-0.39, 0.29) is 5.91 Å². The van der Waals surface area contributed by atoms with Gasteiger partial charge in [0, 0.05) is 12.1 Å². The van der Waals surface area contributed by atoms with Crippen LogP contribution in [0.4, 0.5) is 0 Å². The summed E-state index contributed by atoms with van der Waals surface area (Å²) in [6, 6.07) is 13.9. The van der Waals surface area contributed by atoms with Crippen LogP contribution >= 0.6 is 0 Å². The number of unbranched alkanes of at least 4 members (excludes halogenated alkanes) is 5. The number of carbonyl (C=O) groups is 1. The van der Waals surface area contributed by atoms with Crippen LogP contribution in [0, 0.1) is 0 Å². The van der Waals surface area contributed by atoms with Crippen LogP contribution < -0.4 is 5.32 Å². The highest BCUT2D eigenvalue weighted by Crippen LogP contribution is 2.18. The summed E-state index contributed by atoms with van der Waals surface area (Å²) in [5.74, 6) is 0.0420. The van der Waals surface area contributed by atoms with E-state index in [0.717, 1.165) is 29.3 Å². The fourth-order valence-corrected chi connectivity index (χ4v) is 2.63. The number of carbonyl (C=O) groups excluding carboxylic acids is 1. The molecule has 0 aromatic heterocycles. The first-order valence-electron chi connectivity index (χ1n) is 8.09. The molecule has 0 aliphatic carbocycles. The van der Waals surface area contributed by atoms with Gasteiger partial charge < -0.3 is 5.32 Å². The smallest absolute Gasteiger partial charge is 0.251 e. The van der Waals surface area contributed by atoms with Gasteiger partial charge in [0.05, 0.1) is 0 Å². The van der Waals surface area contributed by atoms with E-state index in [2.05, 4.69) is 12.2 Å². The SMILES string of the molecule is CCCCCCCCNC(=O)c1cccc2ccccc12. The lowest BCUT2D eigenvalue weighted by Crippen LogP contribution is -2.24. The van der Waals surface area contributed by atoms with Gasteiger partial charge in [-0.1, -0.05) is 75.4 Å². The quantitative estimate of drug-likeness (QED) is 0.684. The van der Waals surface area contributed by atoms with Gasteiger partial charge in [-0.05, 0) is 23.3 Å². The van der Waals surface area contributed by atoms with Crippen molar-refractivity contribution in [3.8, 4) is 0 Å². The van der Waals surface area contributed by atoms with Crippen molar-refractivity contribution < 1.29 is 4.79 Å². The fraction of sp³-hybridized carbons (Fsp3) is 0.421. The highest BCUT2D eigenvalue weighted by Gasteiger charge is 2.08. The molecule has 0 unspecified atom stereocenters. The molecule has 2 rings (SSSR count). The number of hydrogen-bond acceptors (Lipinski definition) is 1. The normalized spacial score (nSPS) is 10.7. The summed E-state index contributed by atoms with van der Waals surface area (Å²) in [7, 11) is 0. The second-order valence-corrected chi connectivity index (χ2v) is 5.55. The van der Waals surface area contributed by atoms with E-state index in [4.69, 9.17) is 0 Å². The third kappa shape index (κ3) is 4.59. The van der Waals surface area contributed by atoms with Crippen molar-refractivity contribution >= 4 is 16.7 Å². The van der Waals surface area contributed by atoms with E-state index >= 15 is 0 Å². The molecule has 2 aromatic carbocycles. The van der Waals surface area contributed by atoms with Gasteiger partial charge in [0.1, 0.15) is 0 Å². The molecule has 1 N–H and O–H groups in total. The summed E-state index contributed by atoms with van der Waals surface area (Å²) in [5.41, 5.74) is 0.777. The Bertz CT molecular complexity index is 571. The van der Waals surface area contributed by atoms with Crippen LogP contribution in [0.2, 0.25) is 0 Å². The van der Waals surface area contributed by atoms with Crippen LogP contribution in [0.15, 0.2) is 42.5 Å². The summed E-state index contributed by atoms with van der Waals surface area (Å²) in [6.07, 6.45) is 7.46. The standard InChI is InChI=1S/C19H25NO/c1-2-3-4-5-6-9-15-20-19(21)18-14-10-12-16-11-7-8-13-17(16)18/h7-8,10-14H,2-6,9,15H2,1H3,(H,20,21). The van der Waals surface area contributed by atoms with E-state index in [9.17, 15) is 4.79 Å². The molecule has 0 spiro atoms. The minimum atomic E-state index is 0.0420. The maximum Gasteiger partial charge on any atom is 0.251 e.